The van der Waals surface area contributed by atoms with Crippen LogP contribution in [0, 0.1) is 0 Å². The van der Waals surface area contributed by atoms with Crippen LogP contribution in [0.5, 0.6) is 0 Å². The lowest BCUT2D eigenvalue weighted by molar-refractivity contribution is 0.141. The van der Waals surface area contributed by atoms with Crippen molar-refractivity contribution in [1.29, 1.82) is 0 Å². The topological polar surface area (TPSA) is 85.5 Å². The number of benzene rings is 2. The van der Waals surface area contributed by atoms with E-state index in [9.17, 15) is 19.8 Å². The van der Waals surface area contributed by atoms with Crippen LogP contribution >= 0.6 is 22.9 Å². The summed E-state index contributed by atoms with van der Waals surface area (Å²) in [4.78, 5) is 27.3. The molecule has 0 spiro atoms. The molecule has 2 heterocycles. The number of fused-ring (bicyclic) bond motifs is 3. The number of hydrogen-bond acceptors (Lipinski definition) is 3. The number of nitrogens with zero attached hydrogens (tertiary/aromatic N) is 3. The number of hydrogen-bond donors (Lipinski definition) is 2. The number of carboxylic acid groups (broad SMARTS) is 2. The molecule has 2 aromatic heterocycles. The van der Waals surface area contributed by atoms with Gasteiger partial charge in [0, 0.05) is 29.2 Å². The summed E-state index contributed by atoms with van der Waals surface area (Å²) in [6, 6.07) is 15.4. The van der Waals surface area contributed by atoms with Gasteiger partial charge >= 0.3 is 12.2 Å². The van der Waals surface area contributed by atoms with E-state index in [2.05, 4.69) is 4.40 Å². The molecular formula is C24H24ClN3O4S. The molecule has 0 radical (unpaired) electrons. The lowest BCUT2D eigenvalue weighted by atomic mass is 10.0. The molecule has 4 rings (SSSR count). The summed E-state index contributed by atoms with van der Waals surface area (Å²) in [5.41, 5.74) is 4.37. The third-order valence-electron chi connectivity index (χ3n) is 5.77. The summed E-state index contributed by atoms with van der Waals surface area (Å²) in [6.07, 6.45) is -2.03. The quantitative estimate of drug-likeness (QED) is 0.314. The highest BCUT2D eigenvalue weighted by atomic mass is 35.5. The summed E-state index contributed by atoms with van der Waals surface area (Å²) < 4.78 is 3.19. The Morgan fingerprint density at radius 2 is 1.48 bits per heavy atom. The van der Waals surface area contributed by atoms with Crippen molar-refractivity contribution >= 4 is 50.2 Å². The van der Waals surface area contributed by atoms with Crippen LogP contribution in [0.3, 0.4) is 0 Å². The molecule has 0 unspecified atom stereocenters. The Kier molecular flexibility index (Phi) is 6.49. The molecule has 2 aromatic carbocycles. The normalized spacial score (nSPS) is 11.2. The first-order valence-corrected chi connectivity index (χ1v) is 11.8. The zero-order chi connectivity index (χ0) is 23.7. The Hall–Kier alpha value is -3.23. The molecule has 0 fully saturated rings. The van der Waals surface area contributed by atoms with E-state index >= 15 is 0 Å². The molecule has 172 valence electrons. The van der Waals surface area contributed by atoms with E-state index in [-0.39, 0.29) is 13.1 Å². The summed E-state index contributed by atoms with van der Waals surface area (Å²) in [7, 11) is 0. The second-order valence-electron chi connectivity index (χ2n) is 7.62. The zero-order valence-corrected chi connectivity index (χ0v) is 19.9. The molecule has 2 amide bonds. The maximum atomic E-state index is 11.9. The average molecular weight is 486 g/mol. The minimum Gasteiger partial charge on any atom is -0.465 e. The van der Waals surface area contributed by atoms with Crippen molar-refractivity contribution in [2.75, 3.05) is 13.1 Å². The van der Waals surface area contributed by atoms with Crippen molar-refractivity contribution in [2.24, 2.45) is 0 Å². The molecule has 33 heavy (non-hydrogen) atoms. The Labute approximate surface area is 200 Å². The first-order chi connectivity index (χ1) is 15.8. The summed E-state index contributed by atoms with van der Waals surface area (Å²) in [6.45, 7) is 4.54. The number of carbonyl (C=O) groups is 2. The monoisotopic (exact) mass is 485 g/mol. The molecule has 0 saturated carbocycles. The van der Waals surface area contributed by atoms with E-state index in [0.717, 1.165) is 37.4 Å². The molecule has 7 nitrogen and oxygen atoms in total. The van der Waals surface area contributed by atoms with Gasteiger partial charge in [-0.3, -0.25) is 4.40 Å². The maximum Gasteiger partial charge on any atom is 0.407 e. The number of para-hydroxylation sites is 1. The van der Waals surface area contributed by atoms with Crippen molar-refractivity contribution in [3.63, 3.8) is 0 Å². The second kappa shape index (κ2) is 9.33. The van der Waals surface area contributed by atoms with Gasteiger partial charge in [0.2, 0.25) is 0 Å². The minimum absolute atomic E-state index is 0.152. The fourth-order valence-electron chi connectivity index (χ4n) is 4.07. The highest BCUT2D eigenvalue weighted by Gasteiger charge is 2.27. The third-order valence-corrected chi connectivity index (χ3v) is 7.21. The standard InChI is InChI=1S/C24H24ClN3O4S/c1-3-26(23(29)30)13-17-18(14-27(4-2)24(31)32)22-28(19-7-5-6-8-20(19)33-22)21(17)15-9-11-16(25)12-10-15/h5-12H,3-4,13-14H2,1-2H3,(H,29,30)(H,31,32). The van der Waals surface area contributed by atoms with Gasteiger partial charge in [-0.2, -0.15) is 0 Å². The maximum absolute atomic E-state index is 11.9. The Morgan fingerprint density at radius 1 is 0.909 bits per heavy atom. The second-order valence-corrected chi connectivity index (χ2v) is 9.08. The van der Waals surface area contributed by atoms with Crippen LogP contribution < -0.4 is 0 Å². The number of rotatable bonds is 7. The van der Waals surface area contributed by atoms with Crippen LogP contribution in [-0.4, -0.2) is 49.7 Å². The van der Waals surface area contributed by atoms with Crippen LogP contribution in [0.4, 0.5) is 9.59 Å². The number of thiazole rings is 1. The average Bonchev–Trinajstić information content (AvgIpc) is 3.30. The highest BCUT2D eigenvalue weighted by Crippen LogP contribution is 2.41. The number of aromatic nitrogens is 1. The van der Waals surface area contributed by atoms with E-state index in [0.29, 0.717) is 18.1 Å². The summed E-state index contributed by atoms with van der Waals surface area (Å²) >= 11 is 7.72. The van der Waals surface area contributed by atoms with Crippen molar-refractivity contribution < 1.29 is 19.8 Å². The molecule has 0 saturated heterocycles. The first kappa shape index (κ1) is 22.9. The molecule has 2 N–H and O–H groups in total. The van der Waals surface area contributed by atoms with E-state index < -0.39 is 12.2 Å². The minimum atomic E-state index is -1.02. The van der Waals surface area contributed by atoms with Crippen LogP contribution in [0.25, 0.3) is 26.3 Å². The Balaban J connectivity index is 2.07. The van der Waals surface area contributed by atoms with Gasteiger partial charge in [-0.1, -0.05) is 35.9 Å². The molecule has 0 aliphatic heterocycles. The number of halogens is 1. The Morgan fingerprint density at radius 3 is 2.06 bits per heavy atom. The zero-order valence-electron chi connectivity index (χ0n) is 18.3. The predicted octanol–water partition coefficient (Wildman–Crippen LogP) is 6.47. The van der Waals surface area contributed by atoms with Gasteiger partial charge < -0.3 is 20.0 Å². The van der Waals surface area contributed by atoms with Crippen molar-refractivity contribution in [1.82, 2.24) is 14.2 Å². The van der Waals surface area contributed by atoms with Crippen LogP contribution in [0.15, 0.2) is 48.5 Å². The Bertz CT molecular complexity index is 1330. The van der Waals surface area contributed by atoms with Crippen molar-refractivity contribution in [3.8, 4) is 11.3 Å². The fraction of sp³-hybridized carbons (Fsp3) is 0.250. The molecule has 0 bridgehead atoms. The van der Waals surface area contributed by atoms with Crippen LogP contribution in [0.1, 0.15) is 25.0 Å². The summed E-state index contributed by atoms with van der Waals surface area (Å²) in [5.74, 6) is 0. The fourth-order valence-corrected chi connectivity index (χ4v) is 5.41. The predicted molar refractivity (Wildman–Crippen MR) is 131 cm³/mol. The molecule has 4 aromatic rings. The summed E-state index contributed by atoms with van der Waals surface area (Å²) in [5, 5.41) is 20.1. The van der Waals surface area contributed by atoms with Gasteiger partial charge in [0.25, 0.3) is 0 Å². The molecule has 9 heteroatoms. The molecule has 0 aliphatic carbocycles. The van der Waals surface area contributed by atoms with Crippen LogP contribution in [-0.2, 0) is 13.1 Å². The van der Waals surface area contributed by atoms with Gasteiger partial charge in [0.05, 0.1) is 29.0 Å². The SMILES string of the molecule is CCN(Cc1c(CN(CC)C(=O)O)c2sc3ccccc3n2c1-c1ccc(Cl)cc1)C(=O)O. The van der Waals surface area contributed by atoms with E-state index in [1.54, 1.807) is 37.3 Å². The van der Waals surface area contributed by atoms with Crippen LogP contribution in [0.2, 0.25) is 5.02 Å². The highest BCUT2D eigenvalue weighted by molar-refractivity contribution is 7.24. The molecule has 0 atom stereocenters. The van der Waals surface area contributed by atoms with Gasteiger partial charge in [-0.05, 0) is 43.7 Å². The largest absolute Gasteiger partial charge is 0.465 e. The lowest BCUT2D eigenvalue weighted by Crippen LogP contribution is -2.31. The third kappa shape index (κ3) is 4.24. The van der Waals surface area contributed by atoms with E-state index in [1.165, 1.54) is 9.80 Å². The van der Waals surface area contributed by atoms with E-state index in [1.807, 2.05) is 36.4 Å². The first-order valence-electron chi connectivity index (χ1n) is 10.6. The van der Waals surface area contributed by atoms with Crippen molar-refractivity contribution in [2.45, 2.75) is 26.9 Å². The smallest absolute Gasteiger partial charge is 0.407 e. The molecule has 0 aliphatic rings. The van der Waals surface area contributed by atoms with Crippen molar-refractivity contribution in [3.05, 3.63) is 64.7 Å². The van der Waals surface area contributed by atoms with Gasteiger partial charge in [0.1, 0.15) is 4.83 Å². The van der Waals surface area contributed by atoms with Gasteiger partial charge in [-0.15, -0.1) is 11.3 Å². The van der Waals surface area contributed by atoms with E-state index in [4.69, 9.17) is 11.6 Å². The number of amides is 2. The lowest BCUT2D eigenvalue weighted by Gasteiger charge is -2.21. The van der Waals surface area contributed by atoms with Gasteiger partial charge in [0.15, 0.2) is 0 Å². The van der Waals surface area contributed by atoms with Gasteiger partial charge in [-0.25, -0.2) is 9.59 Å². The molecular weight excluding hydrogens is 462 g/mol.